The number of aryl methyl sites for hydroxylation is 1. The minimum absolute atomic E-state index is 0.0925. The molecule has 114 valence electrons. The lowest BCUT2D eigenvalue weighted by Gasteiger charge is -2.38. The van der Waals surface area contributed by atoms with Gasteiger partial charge in [0.05, 0.1) is 12.1 Å². The number of fused-ring (bicyclic) bond motifs is 1. The second-order valence-corrected chi connectivity index (χ2v) is 6.43. The molecular weight excluding hydrogens is 274 g/mol. The smallest absolute Gasteiger partial charge is 0.235 e. The van der Waals surface area contributed by atoms with Crippen molar-refractivity contribution in [2.45, 2.75) is 38.1 Å². The van der Waals surface area contributed by atoms with Crippen LogP contribution >= 0.6 is 0 Å². The molecule has 3 aliphatic rings. The minimum atomic E-state index is -0.0925. The zero-order valence-electron chi connectivity index (χ0n) is 13.1. The van der Waals surface area contributed by atoms with Crippen LogP contribution in [0.15, 0.2) is 48.0 Å². The molecule has 1 aliphatic heterocycles. The lowest BCUT2D eigenvalue weighted by atomic mass is 9.76. The number of nitrogens with zero attached hydrogens (tertiary/aromatic N) is 3. The van der Waals surface area contributed by atoms with Crippen LogP contribution in [0.25, 0.3) is 0 Å². The SMILES string of the molecule is CCC1=CC2=CC=CC(c3cnn(C)c3)C2C(=O)N1C1CC1. The highest BCUT2D eigenvalue weighted by Gasteiger charge is 2.44. The summed E-state index contributed by atoms with van der Waals surface area (Å²) in [5.74, 6) is 0.272. The first-order valence-corrected chi connectivity index (χ1v) is 8.09. The summed E-state index contributed by atoms with van der Waals surface area (Å²) in [6.45, 7) is 2.13. The topological polar surface area (TPSA) is 38.1 Å². The van der Waals surface area contributed by atoms with E-state index in [4.69, 9.17) is 0 Å². The molecule has 1 saturated carbocycles. The zero-order valence-corrected chi connectivity index (χ0v) is 13.1. The third-order valence-electron chi connectivity index (χ3n) is 4.86. The van der Waals surface area contributed by atoms with Crippen LogP contribution in [-0.4, -0.2) is 26.6 Å². The lowest BCUT2D eigenvalue weighted by Crippen LogP contribution is -2.43. The standard InChI is InChI=1S/C18H21N3O/c1-3-14-9-12-5-4-6-16(13-10-19-20(2)11-13)17(12)18(22)21(14)15-7-8-15/h4-6,9-11,15-17H,3,7-8H2,1-2H3. The molecule has 0 bridgehead atoms. The summed E-state index contributed by atoms with van der Waals surface area (Å²) in [4.78, 5) is 15.3. The van der Waals surface area contributed by atoms with Gasteiger partial charge in [0.15, 0.2) is 0 Å². The Morgan fingerprint density at radius 2 is 2.18 bits per heavy atom. The fraction of sp³-hybridized carbons (Fsp3) is 0.444. The Bertz CT molecular complexity index is 706. The van der Waals surface area contributed by atoms with E-state index in [0.29, 0.717) is 6.04 Å². The van der Waals surface area contributed by atoms with Crippen molar-refractivity contribution in [3.63, 3.8) is 0 Å². The molecule has 2 aliphatic carbocycles. The van der Waals surface area contributed by atoms with E-state index in [-0.39, 0.29) is 17.7 Å². The van der Waals surface area contributed by atoms with Crippen LogP contribution in [0.3, 0.4) is 0 Å². The molecule has 0 aromatic carbocycles. The van der Waals surface area contributed by atoms with Gasteiger partial charge in [-0.3, -0.25) is 9.48 Å². The summed E-state index contributed by atoms with van der Waals surface area (Å²) in [5.41, 5.74) is 3.44. The lowest BCUT2D eigenvalue weighted by molar-refractivity contribution is -0.133. The molecule has 4 heteroatoms. The number of carbonyl (C=O) groups excluding carboxylic acids is 1. The van der Waals surface area contributed by atoms with Gasteiger partial charge in [0.1, 0.15) is 0 Å². The number of allylic oxidation sites excluding steroid dienone is 5. The molecular formula is C18H21N3O. The first kappa shape index (κ1) is 13.6. The van der Waals surface area contributed by atoms with Crippen LogP contribution < -0.4 is 0 Å². The largest absolute Gasteiger partial charge is 0.313 e. The third kappa shape index (κ3) is 2.05. The van der Waals surface area contributed by atoms with E-state index in [1.165, 1.54) is 5.70 Å². The van der Waals surface area contributed by atoms with Gasteiger partial charge in [-0.05, 0) is 36.5 Å². The predicted octanol–water partition coefficient (Wildman–Crippen LogP) is 2.91. The van der Waals surface area contributed by atoms with Gasteiger partial charge in [-0.1, -0.05) is 25.2 Å². The van der Waals surface area contributed by atoms with Crippen molar-refractivity contribution >= 4 is 5.91 Å². The molecule has 2 atom stereocenters. The van der Waals surface area contributed by atoms with Gasteiger partial charge in [0.25, 0.3) is 0 Å². The maximum atomic E-state index is 13.2. The fourth-order valence-electron chi connectivity index (χ4n) is 3.63. The fourth-order valence-corrected chi connectivity index (χ4v) is 3.63. The highest BCUT2D eigenvalue weighted by molar-refractivity contribution is 5.88. The van der Waals surface area contributed by atoms with Crippen LogP contribution in [0.2, 0.25) is 0 Å². The molecule has 0 radical (unpaired) electrons. The maximum absolute atomic E-state index is 13.2. The van der Waals surface area contributed by atoms with Gasteiger partial charge in [-0.2, -0.15) is 5.10 Å². The normalized spacial score (nSPS) is 27.5. The maximum Gasteiger partial charge on any atom is 0.235 e. The van der Waals surface area contributed by atoms with Crippen LogP contribution in [0.1, 0.15) is 37.7 Å². The summed E-state index contributed by atoms with van der Waals surface area (Å²) >= 11 is 0. The molecule has 4 nitrogen and oxygen atoms in total. The Morgan fingerprint density at radius 1 is 1.36 bits per heavy atom. The molecule has 22 heavy (non-hydrogen) atoms. The number of carbonyl (C=O) groups is 1. The number of rotatable bonds is 3. The first-order chi connectivity index (χ1) is 10.7. The van der Waals surface area contributed by atoms with Crippen molar-refractivity contribution in [2.24, 2.45) is 13.0 Å². The Hall–Kier alpha value is -2.10. The molecule has 1 fully saturated rings. The third-order valence-corrected chi connectivity index (χ3v) is 4.86. The average Bonchev–Trinajstić information content (AvgIpc) is 3.26. The molecule has 2 unspecified atom stereocenters. The Morgan fingerprint density at radius 3 is 2.82 bits per heavy atom. The van der Waals surface area contributed by atoms with E-state index in [0.717, 1.165) is 30.4 Å². The van der Waals surface area contributed by atoms with Crippen molar-refractivity contribution in [3.05, 3.63) is 53.5 Å². The van der Waals surface area contributed by atoms with E-state index < -0.39 is 0 Å². The van der Waals surface area contributed by atoms with Crippen molar-refractivity contribution in [1.29, 1.82) is 0 Å². The Balaban J connectivity index is 1.76. The summed E-state index contributed by atoms with van der Waals surface area (Å²) in [6, 6.07) is 0.431. The zero-order chi connectivity index (χ0) is 15.3. The molecule has 1 aromatic rings. The van der Waals surface area contributed by atoms with Gasteiger partial charge in [-0.25, -0.2) is 0 Å². The summed E-state index contributed by atoms with van der Waals surface area (Å²) in [5, 5.41) is 4.28. The molecule has 0 N–H and O–H groups in total. The Labute approximate surface area is 130 Å². The van der Waals surface area contributed by atoms with E-state index in [1.807, 2.05) is 19.4 Å². The van der Waals surface area contributed by atoms with Crippen molar-refractivity contribution in [1.82, 2.24) is 14.7 Å². The number of aromatic nitrogens is 2. The van der Waals surface area contributed by atoms with Crippen LogP contribution in [0.4, 0.5) is 0 Å². The van der Waals surface area contributed by atoms with Crippen molar-refractivity contribution in [2.75, 3.05) is 0 Å². The van der Waals surface area contributed by atoms with E-state index in [9.17, 15) is 4.79 Å². The molecule has 4 rings (SSSR count). The van der Waals surface area contributed by atoms with E-state index >= 15 is 0 Å². The highest BCUT2D eigenvalue weighted by Crippen LogP contribution is 2.44. The van der Waals surface area contributed by atoms with Crippen LogP contribution in [-0.2, 0) is 11.8 Å². The molecule has 2 heterocycles. The van der Waals surface area contributed by atoms with E-state index in [1.54, 1.807) is 4.68 Å². The number of hydrogen-bond donors (Lipinski definition) is 0. The minimum Gasteiger partial charge on any atom is -0.313 e. The second kappa shape index (κ2) is 4.97. The van der Waals surface area contributed by atoms with Crippen molar-refractivity contribution in [3.8, 4) is 0 Å². The number of hydrogen-bond acceptors (Lipinski definition) is 2. The van der Waals surface area contributed by atoms with Gasteiger partial charge in [0.2, 0.25) is 5.91 Å². The predicted molar refractivity (Wildman–Crippen MR) is 84.9 cm³/mol. The van der Waals surface area contributed by atoms with Crippen molar-refractivity contribution < 1.29 is 4.79 Å². The van der Waals surface area contributed by atoms with Gasteiger partial charge >= 0.3 is 0 Å². The molecule has 0 spiro atoms. The molecule has 0 saturated heterocycles. The van der Waals surface area contributed by atoms with Gasteiger partial charge in [0, 0.05) is 30.9 Å². The Kier molecular flexibility index (Phi) is 3.06. The van der Waals surface area contributed by atoms with Crippen LogP contribution in [0, 0.1) is 5.92 Å². The van der Waals surface area contributed by atoms with Gasteiger partial charge in [-0.15, -0.1) is 0 Å². The summed E-state index contributed by atoms with van der Waals surface area (Å²) in [6.07, 6.45) is 15.6. The van der Waals surface area contributed by atoms with Crippen LogP contribution in [0.5, 0.6) is 0 Å². The summed E-state index contributed by atoms with van der Waals surface area (Å²) in [7, 11) is 1.92. The quantitative estimate of drug-likeness (QED) is 0.860. The molecule has 1 aromatic heterocycles. The number of amides is 1. The first-order valence-electron chi connectivity index (χ1n) is 8.09. The van der Waals surface area contributed by atoms with Gasteiger partial charge < -0.3 is 4.90 Å². The van der Waals surface area contributed by atoms with E-state index in [2.05, 4.69) is 41.2 Å². The average molecular weight is 295 g/mol. The molecule has 1 amide bonds. The summed E-state index contributed by atoms with van der Waals surface area (Å²) < 4.78 is 1.81. The highest BCUT2D eigenvalue weighted by atomic mass is 16.2. The second-order valence-electron chi connectivity index (χ2n) is 6.43. The monoisotopic (exact) mass is 295 g/mol.